The molecule has 3 aromatic rings. The Balaban J connectivity index is 2.03. The summed E-state index contributed by atoms with van der Waals surface area (Å²) in [5.41, 5.74) is -0.539. The van der Waals surface area contributed by atoms with Gasteiger partial charge in [0.15, 0.2) is 17.5 Å². The van der Waals surface area contributed by atoms with E-state index in [-0.39, 0.29) is 52.4 Å². The molecule has 0 unspecified atom stereocenters. The summed E-state index contributed by atoms with van der Waals surface area (Å²) >= 11 is 0. The van der Waals surface area contributed by atoms with E-state index in [0.717, 1.165) is 37.2 Å². The summed E-state index contributed by atoms with van der Waals surface area (Å²) in [5, 5.41) is 27.1. The molecule has 0 atom stereocenters. The molecule has 0 aromatic carbocycles. The first-order valence-corrected chi connectivity index (χ1v) is 9.04. The van der Waals surface area contributed by atoms with Crippen molar-refractivity contribution in [3.05, 3.63) is 53.5 Å². The van der Waals surface area contributed by atoms with Crippen LogP contribution in [0.5, 0.6) is 0 Å². The number of nitrogens with zero attached hydrogens (tertiary/aromatic N) is 9. The van der Waals surface area contributed by atoms with Gasteiger partial charge >= 0.3 is 17.9 Å². The fourth-order valence-corrected chi connectivity index (χ4v) is 2.27. The van der Waals surface area contributed by atoms with Gasteiger partial charge in [-0.2, -0.15) is 0 Å². The minimum atomic E-state index is -1.27. The summed E-state index contributed by atoms with van der Waals surface area (Å²) in [5.74, 6) is -3.88. The Morgan fingerprint density at radius 3 is 1.65 bits per heavy atom. The molecular formula is C19H13N9O6. The smallest absolute Gasteiger partial charge is 0.338 e. The van der Waals surface area contributed by atoms with Gasteiger partial charge in [-0.1, -0.05) is 0 Å². The fourth-order valence-electron chi connectivity index (χ4n) is 2.27. The van der Waals surface area contributed by atoms with Crippen LogP contribution in [-0.4, -0.2) is 81.0 Å². The number of carboxylic acid groups (broad SMARTS) is 3. The van der Waals surface area contributed by atoms with Crippen molar-refractivity contribution in [2.75, 3.05) is 0 Å². The molecular weight excluding hydrogens is 450 g/mol. The molecule has 0 aliphatic heterocycles. The van der Waals surface area contributed by atoms with Crippen molar-refractivity contribution in [2.24, 2.45) is 9.98 Å². The van der Waals surface area contributed by atoms with Crippen LogP contribution in [0.15, 0.2) is 46.5 Å². The second kappa shape index (κ2) is 10.3. The van der Waals surface area contributed by atoms with E-state index in [4.69, 9.17) is 15.3 Å². The van der Waals surface area contributed by atoms with Crippen molar-refractivity contribution in [1.29, 1.82) is 0 Å². The SMILES string of the molecule is C=N/C=C(\C=NCc1nc(-c2ncc(C(=O)O)cn2)nc(-c2ncc(C(=O)O)cn2)n1)C(=O)O. The Bertz CT molecular complexity index is 1250. The van der Waals surface area contributed by atoms with Crippen LogP contribution in [0.2, 0.25) is 0 Å². The highest BCUT2D eigenvalue weighted by Gasteiger charge is 2.16. The molecule has 0 fully saturated rings. The van der Waals surface area contributed by atoms with Gasteiger partial charge in [-0.25, -0.2) is 49.3 Å². The zero-order chi connectivity index (χ0) is 24.7. The Kier molecular flexibility index (Phi) is 7.08. The van der Waals surface area contributed by atoms with Crippen molar-refractivity contribution in [1.82, 2.24) is 34.9 Å². The minimum absolute atomic E-state index is 0.0389. The third-order valence-electron chi connectivity index (χ3n) is 3.82. The molecule has 0 spiro atoms. The number of aromatic carboxylic acids is 2. The van der Waals surface area contributed by atoms with Gasteiger partial charge in [-0.3, -0.25) is 9.98 Å². The van der Waals surface area contributed by atoms with Crippen LogP contribution < -0.4 is 0 Å². The quantitative estimate of drug-likeness (QED) is 0.289. The molecule has 0 saturated heterocycles. The normalized spacial score (nSPS) is 11.4. The molecule has 3 heterocycles. The number of aliphatic imine (C=N–C) groups is 2. The van der Waals surface area contributed by atoms with Gasteiger partial charge in [-0.05, 0) is 6.72 Å². The summed E-state index contributed by atoms with van der Waals surface area (Å²) in [7, 11) is 0. The van der Waals surface area contributed by atoms with E-state index >= 15 is 0 Å². The van der Waals surface area contributed by atoms with E-state index < -0.39 is 17.9 Å². The van der Waals surface area contributed by atoms with Crippen molar-refractivity contribution in [3.63, 3.8) is 0 Å². The number of rotatable bonds is 9. The Labute approximate surface area is 189 Å². The van der Waals surface area contributed by atoms with E-state index in [1.807, 2.05) is 0 Å². The highest BCUT2D eigenvalue weighted by atomic mass is 16.4. The molecule has 3 rings (SSSR count). The first-order valence-electron chi connectivity index (χ1n) is 9.04. The number of hydrogen-bond acceptors (Lipinski definition) is 12. The lowest BCUT2D eigenvalue weighted by molar-refractivity contribution is -0.132. The summed E-state index contributed by atoms with van der Waals surface area (Å²) in [6, 6.07) is 0. The maximum absolute atomic E-state index is 11.2. The molecule has 15 heteroatoms. The van der Waals surface area contributed by atoms with Crippen molar-refractivity contribution in [3.8, 4) is 23.3 Å². The van der Waals surface area contributed by atoms with Gasteiger partial charge in [-0.15, -0.1) is 0 Å². The Morgan fingerprint density at radius 1 is 0.794 bits per heavy atom. The lowest BCUT2D eigenvalue weighted by atomic mass is 10.3. The summed E-state index contributed by atoms with van der Waals surface area (Å²) in [6.07, 6.45) is 6.31. The average molecular weight is 463 g/mol. The van der Waals surface area contributed by atoms with E-state index in [2.05, 4.69) is 51.6 Å². The van der Waals surface area contributed by atoms with Crippen LogP contribution in [0.1, 0.15) is 26.5 Å². The molecule has 0 radical (unpaired) electrons. The highest BCUT2D eigenvalue weighted by Crippen LogP contribution is 2.16. The number of carbonyl (C=O) groups is 3. The van der Waals surface area contributed by atoms with Gasteiger partial charge in [0.05, 0.1) is 23.2 Å². The predicted octanol–water partition coefficient (Wildman–Crippen LogP) is 0.422. The van der Waals surface area contributed by atoms with E-state index in [9.17, 15) is 14.4 Å². The first kappa shape index (κ1) is 23.3. The molecule has 170 valence electrons. The molecule has 0 saturated carbocycles. The van der Waals surface area contributed by atoms with Crippen molar-refractivity contribution in [2.45, 2.75) is 6.54 Å². The van der Waals surface area contributed by atoms with Crippen molar-refractivity contribution < 1.29 is 29.7 Å². The lowest BCUT2D eigenvalue weighted by Gasteiger charge is -2.05. The summed E-state index contributed by atoms with van der Waals surface area (Å²) in [4.78, 5) is 68.8. The molecule has 0 aliphatic carbocycles. The fraction of sp³-hybridized carbons (Fsp3) is 0.0526. The third-order valence-corrected chi connectivity index (χ3v) is 3.82. The maximum Gasteiger partial charge on any atom is 0.338 e. The van der Waals surface area contributed by atoms with Gasteiger partial charge in [0.1, 0.15) is 0 Å². The topological polar surface area (TPSA) is 227 Å². The lowest BCUT2D eigenvalue weighted by Crippen LogP contribution is -2.08. The largest absolute Gasteiger partial charge is 0.478 e. The second-order valence-corrected chi connectivity index (χ2v) is 6.14. The first-order chi connectivity index (χ1) is 16.3. The number of hydrogen-bond donors (Lipinski definition) is 3. The predicted molar refractivity (Wildman–Crippen MR) is 113 cm³/mol. The zero-order valence-corrected chi connectivity index (χ0v) is 17.0. The minimum Gasteiger partial charge on any atom is -0.478 e. The number of carboxylic acids is 3. The van der Waals surface area contributed by atoms with E-state index in [1.165, 1.54) is 0 Å². The maximum atomic E-state index is 11.2. The summed E-state index contributed by atoms with van der Waals surface area (Å²) < 4.78 is 0. The zero-order valence-electron chi connectivity index (χ0n) is 17.0. The van der Waals surface area contributed by atoms with Gasteiger partial charge in [0, 0.05) is 37.2 Å². The molecule has 3 N–H and O–H groups in total. The average Bonchev–Trinajstić information content (AvgIpc) is 2.83. The highest BCUT2D eigenvalue weighted by molar-refractivity contribution is 6.08. The van der Waals surface area contributed by atoms with E-state index in [1.54, 1.807) is 0 Å². The second-order valence-electron chi connectivity index (χ2n) is 6.14. The van der Waals surface area contributed by atoms with Crippen LogP contribution in [0.4, 0.5) is 0 Å². The van der Waals surface area contributed by atoms with E-state index in [0.29, 0.717) is 0 Å². The van der Waals surface area contributed by atoms with Gasteiger partial charge < -0.3 is 15.3 Å². The van der Waals surface area contributed by atoms with Crippen LogP contribution >= 0.6 is 0 Å². The number of aromatic nitrogens is 7. The molecule has 34 heavy (non-hydrogen) atoms. The van der Waals surface area contributed by atoms with Crippen LogP contribution in [0.25, 0.3) is 23.3 Å². The van der Waals surface area contributed by atoms with Gasteiger partial charge in [0.2, 0.25) is 11.6 Å². The van der Waals surface area contributed by atoms with Crippen molar-refractivity contribution >= 4 is 30.8 Å². The molecule has 0 aliphatic rings. The third kappa shape index (κ3) is 5.67. The molecule has 0 bridgehead atoms. The summed E-state index contributed by atoms with van der Waals surface area (Å²) in [6.45, 7) is 2.98. The monoisotopic (exact) mass is 463 g/mol. The van der Waals surface area contributed by atoms with Crippen LogP contribution in [-0.2, 0) is 11.3 Å². The number of aliphatic carboxylic acids is 1. The molecule has 15 nitrogen and oxygen atoms in total. The standard InChI is InChI=1S/C19H13N9O6/c1-20-2-9(17(29)30)3-21-8-12-26-15(13-22-4-10(5-23-13)18(31)32)28-16(27-12)14-24-6-11(7-25-14)19(33)34/h2-7H,1,8H2,(H,29,30)(H,31,32)(H,33,34)/b9-2+,21-3?. The molecule has 0 amide bonds. The molecule has 3 aromatic heterocycles. The van der Waals surface area contributed by atoms with Crippen LogP contribution in [0, 0.1) is 0 Å². The van der Waals surface area contributed by atoms with Gasteiger partial charge in [0.25, 0.3) is 0 Å². The van der Waals surface area contributed by atoms with Crippen LogP contribution in [0.3, 0.4) is 0 Å². The Morgan fingerprint density at radius 2 is 1.26 bits per heavy atom. The Hall–Kier alpha value is -5.34.